The number of hydrogen-bond donors (Lipinski definition) is 2. The summed E-state index contributed by atoms with van der Waals surface area (Å²) in [6, 6.07) is 14.5. The van der Waals surface area contributed by atoms with Crippen LogP contribution in [0.15, 0.2) is 77.3 Å². The molecule has 3 aromatic rings. The van der Waals surface area contributed by atoms with Crippen molar-refractivity contribution in [3.05, 3.63) is 104 Å². The van der Waals surface area contributed by atoms with Crippen molar-refractivity contribution in [1.82, 2.24) is 10.3 Å². The molecule has 0 saturated carbocycles. The number of hydrogen-bond acceptors (Lipinski definition) is 6. The summed E-state index contributed by atoms with van der Waals surface area (Å²) >= 11 is 12.5. The van der Waals surface area contributed by atoms with Gasteiger partial charge in [-0.15, -0.1) is 0 Å². The van der Waals surface area contributed by atoms with Crippen LogP contribution in [0.5, 0.6) is 11.5 Å². The number of allylic oxidation sites excluding steroid dienone is 3. The van der Waals surface area contributed by atoms with E-state index in [1.165, 1.54) is 0 Å². The summed E-state index contributed by atoms with van der Waals surface area (Å²) in [6.07, 6.45) is 3.57. The Bertz CT molecular complexity index is 1560. The van der Waals surface area contributed by atoms with Gasteiger partial charge in [-0.1, -0.05) is 41.4 Å². The highest BCUT2D eigenvalue weighted by Crippen LogP contribution is 2.43. The Kier molecular flexibility index (Phi) is 8.14. The second-order valence-electron chi connectivity index (χ2n) is 9.80. The third-order valence-electron chi connectivity index (χ3n) is 7.20. The summed E-state index contributed by atoms with van der Waals surface area (Å²) in [6.45, 7) is 3.89. The highest BCUT2D eigenvalue weighted by molar-refractivity contribution is 6.42. The fourth-order valence-corrected chi connectivity index (χ4v) is 5.60. The molecule has 7 nitrogen and oxygen atoms in total. The summed E-state index contributed by atoms with van der Waals surface area (Å²) in [7, 11) is 1.58. The molecule has 1 aromatic heterocycles. The molecule has 0 bridgehead atoms. The number of halogens is 2. The summed E-state index contributed by atoms with van der Waals surface area (Å²) < 4.78 is 11.6. The first kappa shape index (κ1) is 27.7. The number of ether oxygens (including phenoxy) is 2. The Balaban J connectivity index is 1.56. The van der Waals surface area contributed by atoms with Gasteiger partial charge in [0, 0.05) is 46.6 Å². The summed E-state index contributed by atoms with van der Waals surface area (Å²) in [5, 5.41) is 7.03. The highest BCUT2D eigenvalue weighted by atomic mass is 35.5. The largest absolute Gasteiger partial charge is 0.496 e. The van der Waals surface area contributed by atoms with Gasteiger partial charge in [-0.25, -0.2) is 4.98 Å². The number of nitrogens with zero attached hydrogens (tertiary/aromatic N) is 1. The number of aromatic nitrogens is 1. The number of carbonyl (C=O) groups is 2. The predicted octanol–water partition coefficient (Wildman–Crippen LogP) is 6.89. The summed E-state index contributed by atoms with van der Waals surface area (Å²) in [5.41, 5.74) is 5.00. The van der Waals surface area contributed by atoms with Gasteiger partial charge >= 0.3 is 0 Å². The molecule has 0 radical (unpaired) electrons. The fourth-order valence-electron chi connectivity index (χ4n) is 5.25. The molecule has 2 aliphatic rings. The molecule has 9 heteroatoms. The minimum atomic E-state index is -0.576. The van der Waals surface area contributed by atoms with Crippen molar-refractivity contribution in [3.8, 4) is 11.5 Å². The number of amides is 1. The highest BCUT2D eigenvalue weighted by Gasteiger charge is 2.39. The number of methoxy groups -OCH3 is 1. The number of nitrogens with one attached hydrogen (secondary N) is 2. The first-order valence-electron chi connectivity index (χ1n) is 13.0. The fraction of sp³-hybridized carbons (Fsp3) is 0.258. The Morgan fingerprint density at radius 3 is 2.70 bits per heavy atom. The number of Topliss-reactive ketones (excluding diaryl/α,β-unsaturated/α-hetero) is 1. The molecule has 1 aliphatic carbocycles. The van der Waals surface area contributed by atoms with Gasteiger partial charge in [0.25, 0.3) is 5.91 Å². The quantitative estimate of drug-likeness (QED) is 0.318. The average Bonchev–Trinajstić information content (AvgIpc) is 2.94. The maximum atomic E-state index is 13.8. The van der Waals surface area contributed by atoms with Gasteiger partial charge in [0.05, 0.1) is 12.1 Å². The van der Waals surface area contributed by atoms with E-state index in [1.807, 2.05) is 44.2 Å². The average molecular weight is 578 g/mol. The van der Waals surface area contributed by atoms with Gasteiger partial charge in [0.15, 0.2) is 5.78 Å². The lowest BCUT2D eigenvalue weighted by Gasteiger charge is -2.34. The van der Waals surface area contributed by atoms with Crippen LogP contribution in [0.25, 0.3) is 0 Å². The number of ketones is 1. The van der Waals surface area contributed by atoms with E-state index in [9.17, 15) is 9.59 Å². The molecular formula is C31H29Cl2N3O4. The van der Waals surface area contributed by atoms with Crippen LogP contribution in [0.2, 0.25) is 10.0 Å². The number of anilines is 1. The van der Waals surface area contributed by atoms with E-state index in [-0.39, 0.29) is 18.3 Å². The van der Waals surface area contributed by atoms with E-state index in [0.717, 1.165) is 35.2 Å². The molecule has 1 unspecified atom stereocenters. The molecule has 2 aromatic carbocycles. The smallest absolute Gasteiger partial charge is 0.255 e. The van der Waals surface area contributed by atoms with Crippen LogP contribution in [-0.4, -0.2) is 23.8 Å². The Morgan fingerprint density at radius 2 is 1.93 bits per heavy atom. The van der Waals surface area contributed by atoms with Crippen LogP contribution >= 0.6 is 23.2 Å². The number of aryl methyl sites for hydroxylation is 1. The van der Waals surface area contributed by atoms with Crippen LogP contribution in [-0.2, 0) is 16.2 Å². The second kappa shape index (κ2) is 11.7. The minimum absolute atomic E-state index is 0.0323. The zero-order chi connectivity index (χ0) is 28.4. The number of benzene rings is 2. The van der Waals surface area contributed by atoms with Gasteiger partial charge < -0.3 is 20.1 Å². The SMILES string of the molecule is COc1ccc(C2C(C(=O)Nc3ncccc3C)=C(C)NC3=C2C(=O)CCC3)cc1COc1cccc(Cl)c1Cl. The first-order chi connectivity index (χ1) is 19.3. The van der Waals surface area contributed by atoms with Crippen LogP contribution in [0, 0.1) is 6.92 Å². The van der Waals surface area contributed by atoms with Crippen molar-refractivity contribution in [2.45, 2.75) is 45.6 Å². The first-order valence-corrected chi connectivity index (χ1v) is 13.7. The summed E-state index contributed by atoms with van der Waals surface area (Å²) in [5.74, 6) is 0.662. The number of carbonyl (C=O) groups excluding carboxylic acids is 2. The van der Waals surface area contributed by atoms with Crippen molar-refractivity contribution < 1.29 is 19.1 Å². The van der Waals surface area contributed by atoms with Crippen LogP contribution in [0.1, 0.15) is 48.8 Å². The number of pyridine rings is 1. The van der Waals surface area contributed by atoms with Crippen LogP contribution in [0.4, 0.5) is 5.82 Å². The van der Waals surface area contributed by atoms with Crippen LogP contribution < -0.4 is 20.1 Å². The van der Waals surface area contributed by atoms with Gasteiger partial charge in [0.1, 0.15) is 28.9 Å². The Hall–Kier alpha value is -3.81. The van der Waals surface area contributed by atoms with E-state index in [1.54, 1.807) is 31.5 Å². The van der Waals surface area contributed by atoms with E-state index in [2.05, 4.69) is 15.6 Å². The molecule has 1 atom stereocenters. The maximum Gasteiger partial charge on any atom is 0.255 e. The molecule has 1 aliphatic heterocycles. The topological polar surface area (TPSA) is 89.5 Å². The van der Waals surface area contributed by atoms with Gasteiger partial charge in [-0.05, 0) is 68.1 Å². The van der Waals surface area contributed by atoms with Crippen LogP contribution in [0.3, 0.4) is 0 Å². The molecule has 40 heavy (non-hydrogen) atoms. The standard InChI is InChI=1S/C31H29Cl2N3O4/c1-17-7-6-14-34-30(17)36-31(38)26-18(2)35-22-9-5-10-23(37)28(22)27(26)19-12-13-24(39-3)20(15-19)16-40-25-11-4-8-21(32)29(25)33/h4,6-8,11-15,27,35H,5,9-10,16H2,1-3H3,(H,34,36,38). The zero-order valence-electron chi connectivity index (χ0n) is 22.4. The molecule has 1 amide bonds. The lowest BCUT2D eigenvalue weighted by atomic mass is 9.74. The normalized spacial score (nSPS) is 16.8. The van der Waals surface area contributed by atoms with Crippen molar-refractivity contribution in [3.63, 3.8) is 0 Å². The molecule has 2 N–H and O–H groups in total. The molecule has 0 spiro atoms. The van der Waals surface area contributed by atoms with E-state index in [0.29, 0.717) is 50.6 Å². The zero-order valence-corrected chi connectivity index (χ0v) is 23.9. The van der Waals surface area contributed by atoms with E-state index >= 15 is 0 Å². The lowest BCUT2D eigenvalue weighted by Crippen LogP contribution is -2.35. The third kappa shape index (κ3) is 5.44. The molecule has 2 heterocycles. The molecule has 0 saturated heterocycles. The number of dihydropyridines is 1. The van der Waals surface area contributed by atoms with Crippen molar-refractivity contribution >= 4 is 40.7 Å². The minimum Gasteiger partial charge on any atom is -0.496 e. The second-order valence-corrected chi connectivity index (χ2v) is 10.6. The monoisotopic (exact) mass is 577 g/mol. The third-order valence-corrected chi connectivity index (χ3v) is 8.00. The predicted molar refractivity (Wildman–Crippen MR) is 156 cm³/mol. The number of rotatable bonds is 7. The van der Waals surface area contributed by atoms with Gasteiger partial charge in [-0.3, -0.25) is 9.59 Å². The van der Waals surface area contributed by atoms with Crippen molar-refractivity contribution in [1.29, 1.82) is 0 Å². The molecule has 5 rings (SSSR count). The van der Waals surface area contributed by atoms with E-state index < -0.39 is 5.92 Å². The Labute approximate surface area is 243 Å². The molecule has 206 valence electrons. The van der Waals surface area contributed by atoms with E-state index in [4.69, 9.17) is 32.7 Å². The van der Waals surface area contributed by atoms with Crippen molar-refractivity contribution in [2.75, 3.05) is 12.4 Å². The molecule has 0 fully saturated rings. The maximum absolute atomic E-state index is 13.8. The van der Waals surface area contributed by atoms with Gasteiger partial charge in [-0.2, -0.15) is 0 Å². The summed E-state index contributed by atoms with van der Waals surface area (Å²) in [4.78, 5) is 31.5. The lowest BCUT2D eigenvalue weighted by molar-refractivity contribution is -0.116. The Morgan fingerprint density at radius 1 is 1.10 bits per heavy atom. The molecular weight excluding hydrogens is 549 g/mol. The van der Waals surface area contributed by atoms with Gasteiger partial charge in [0.2, 0.25) is 0 Å². The van der Waals surface area contributed by atoms with Crippen molar-refractivity contribution in [2.24, 2.45) is 0 Å².